The van der Waals surface area contributed by atoms with E-state index in [0.29, 0.717) is 26.1 Å². The number of hydrogen-bond donors (Lipinski definition) is 1. The molecule has 0 aliphatic carbocycles. The van der Waals surface area contributed by atoms with E-state index in [2.05, 4.69) is 0 Å². The number of hydrogen-bond acceptors (Lipinski definition) is 5. The molecule has 0 bridgehead atoms. The van der Waals surface area contributed by atoms with Crippen molar-refractivity contribution >= 4 is 32.5 Å². The Morgan fingerprint density at radius 3 is 2.17 bits per heavy atom. The monoisotopic (exact) mass is 397 g/mol. The van der Waals surface area contributed by atoms with E-state index < -0.39 is 20.0 Å². The second-order valence-corrected chi connectivity index (χ2v) is 10.4. The smallest absolute Gasteiger partial charge is 0.244 e. The van der Waals surface area contributed by atoms with Crippen LogP contribution in [0.25, 0.3) is 0 Å². The van der Waals surface area contributed by atoms with Crippen LogP contribution in [0.3, 0.4) is 0 Å². The number of rotatable bonds is 5. The number of benzene rings is 1. The maximum atomic E-state index is 12.9. The van der Waals surface area contributed by atoms with Gasteiger partial charge < -0.3 is 5.73 Å². The zero-order chi connectivity index (χ0) is 17.5. The summed E-state index contributed by atoms with van der Waals surface area (Å²) in [6, 6.07) is 5.70. The fraction of sp³-hybridized carbons (Fsp3) is 0.571. The third-order valence-corrected chi connectivity index (χ3v) is 8.15. The Morgan fingerprint density at radius 1 is 1.17 bits per heavy atom. The van der Waals surface area contributed by atoms with Crippen LogP contribution in [-0.4, -0.2) is 59.2 Å². The average Bonchev–Trinajstić information content (AvgIpc) is 2.91. The largest absolute Gasteiger partial charge is 0.330 e. The average molecular weight is 398 g/mol. The Morgan fingerprint density at radius 2 is 1.71 bits per heavy atom. The fourth-order valence-electron chi connectivity index (χ4n) is 2.56. The van der Waals surface area contributed by atoms with Gasteiger partial charge in [-0.15, -0.1) is 12.4 Å². The van der Waals surface area contributed by atoms with Gasteiger partial charge in [0, 0.05) is 27.2 Å². The van der Waals surface area contributed by atoms with Gasteiger partial charge in [0.05, 0.1) is 0 Å². The highest BCUT2D eigenvalue weighted by atomic mass is 35.5. The Kier molecular flexibility index (Phi) is 6.46. The molecule has 0 amide bonds. The predicted octanol–water partition coefficient (Wildman–Crippen LogP) is 0.718. The normalized spacial score (nSPS) is 22.5. The number of nitrogens with two attached hydrogens (primary N) is 1. The quantitative estimate of drug-likeness (QED) is 0.788. The summed E-state index contributed by atoms with van der Waals surface area (Å²) >= 11 is 0. The van der Waals surface area contributed by atoms with Gasteiger partial charge in [0.15, 0.2) is 0 Å². The molecule has 1 saturated heterocycles. The second-order valence-electron chi connectivity index (χ2n) is 6.34. The predicted molar refractivity (Wildman–Crippen MR) is 95.1 cm³/mol. The van der Waals surface area contributed by atoms with E-state index in [4.69, 9.17) is 5.73 Å². The zero-order valence-electron chi connectivity index (χ0n) is 14.0. The van der Waals surface area contributed by atoms with E-state index in [9.17, 15) is 16.8 Å². The Labute approximate surface area is 150 Å². The van der Waals surface area contributed by atoms with Gasteiger partial charge >= 0.3 is 0 Å². The van der Waals surface area contributed by atoms with Gasteiger partial charge in [-0.3, -0.25) is 0 Å². The first-order chi connectivity index (χ1) is 10.5. The lowest BCUT2D eigenvalue weighted by Gasteiger charge is -2.23. The summed E-state index contributed by atoms with van der Waals surface area (Å²) in [4.78, 5) is -0.388. The van der Waals surface area contributed by atoms with Crippen molar-refractivity contribution < 1.29 is 16.8 Å². The van der Waals surface area contributed by atoms with Crippen molar-refractivity contribution in [2.75, 3.05) is 33.7 Å². The van der Waals surface area contributed by atoms with Crippen LogP contribution in [0.15, 0.2) is 34.1 Å². The molecule has 0 radical (unpaired) electrons. The molecule has 138 valence electrons. The molecule has 1 unspecified atom stereocenters. The summed E-state index contributed by atoms with van der Waals surface area (Å²) in [7, 11) is -5.00. The fourth-order valence-corrected chi connectivity index (χ4v) is 5.82. The van der Waals surface area contributed by atoms with Crippen LogP contribution in [0.1, 0.15) is 13.3 Å². The van der Waals surface area contributed by atoms with Crippen molar-refractivity contribution in [3.63, 3.8) is 0 Å². The first kappa shape index (κ1) is 21.3. The van der Waals surface area contributed by atoms with Crippen molar-refractivity contribution in [2.45, 2.75) is 23.1 Å². The summed E-state index contributed by atoms with van der Waals surface area (Å²) in [5, 5.41) is 0. The topological polar surface area (TPSA) is 101 Å². The molecule has 24 heavy (non-hydrogen) atoms. The molecule has 0 spiro atoms. The van der Waals surface area contributed by atoms with Crippen molar-refractivity contribution in [1.82, 2.24) is 8.61 Å². The summed E-state index contributed by atoms with van der Waals surface area (Å²) in [5.41, 5.74) is 5.45. The van der Waals surface area contributed by atoms with Crippen molar-refractivity contribution in [1.29, 1.82) is 0 Å². The van der Waals surface area contributed by atoms with Crippen LogP contribution in [0.4, 0.5) is 0 Å². The van der Waals surface area contributed by atoms with E-state index in [-0.39, 0.29) is 27.6 Å². The molecular formula is C14H24ClN3O4S2. The summed E-state index contributed by atoms with van der Waals surface area (Å²) in [6.45, 7) is 2.95. The molecule has 1 heterocycles. The lowest BCUT2D eigenvalue weighted by molar-refractivity contribution is 0.349. The maximum absolute atomic E-state index is 12.9. The van der Waals surface area contributed by atoms with E-state index in [1.165, 1.54) is 42.7 Å². The van der Waals surface area contributed by atoms with Gasteiger partial charge in [0.25, 0.3) is 0 Å². The maximum Gasteiger partial charge on any atom is 0.244 e. The third-order valence-electron chi connectivity index (χ3n) is 4.24. The standard InChI is InChI=1S/C14H23N3O4S2.ClH/c1-14(10-15)8-9-17(11-14)23(20,21)13-7-5-4-6-12(13)22(18,19)16(2)3;/h4-7H,8-11,15H2,1-3H3;1H. The Balaban J connectivity index is 0.00000288. The number of sulfonamides is 2. The highest BCUT2D eigenvalue weighted by Gasteiger charge is 2.40. The molecule has 2 N–H and O–H groups in total. The lowest BCUT2D eigenvalue weighted by atomic mass is 9.90. The highest BCUT2D eigenvalue weighted by Crippen LogP contribution is 2.34. The number of nitrogens with zero attached hydrogens (tertiary/aromatic N) is 2. The molecule has 0 aromatic heterocycles. The molecule has 7 nitrogen and oxygen atoms in total. The third kappa shape index (κ3) is 3.76. The highest BCUT2D eigenvalue weighted by molar-refractivity contribution is 7.92. The van der Waals surface area contributed by atoms with Crippen LogP contribution in [0.2, 0.25) is 0 Å². The molecule has 2 rings (SSSR count). The van der Waals surface area contributed by atoms with E-state index >= 15 is 0 Å². The minimum absolute atomic E-state index is 0. The van der Waals surface area contributed by atoms with Crippen LogP contribution in [-0.2, 0) is 20.0 Å². The van der Waals surface area contributed by atoms with Crippen molar-refractivity contribution in [3.05, 3.63) is 24.3 Å². The second kappa shape index (κ2) is 7.27. The Bertz CT molecular complexity index is 796. The molecule has 1 aromatic rings. The molecule has 1 aliphatic heterocycles. The van der Waals surface area contributed by atoms with Crippen LogP contribution >= 0.6 is 12.4 Å². The minimum atomic E-state index is -3.90. The van der Waals surface area contributed by atoms with Gasteiger partial charge in [-0.25, -0.2) is 21.1 Å². The molecule has 1 fully saturated rings. The van der Waals surface area contributed by atoms with Gasteiger partial charge in [0.1, 0.15) is 9.79 Å². The van der Waals surface area contributed by atoms with Crippen molar-refractivity contribution in [3.8, 4) is 0 Å². The van der Waals surface area contributed by atoms with Gasteiger partial charge in [-0.2, -0.15) is 4.31 Å². The number of halogens is 1. The molecular weight excluding hydrogens is 374 g/mol. The molecule has 1 aromatic carbocycles. The first-order valence-electron chi connectivity index (χ1n) is 7.26. The molecule has 0 saturated carbocycles. The van der Waals surface area contributed by atoms with Gasteiger partial charge in [-0.1, -0.05) is 19.1 Å². The first-order valence-corrected chi connectivity index (χ1v) is 10.1. The zero-order valence-corrected chi connectivity index (χ0v) is 16.4. The Hall–Kier alpha value is -0.710. The van der Waals surface area contributed by atoms with Crippen molar-refractivity contribution in [2.24, 2.45) is 11.1 Å². The summed E-state index contributed by atoms with van der Waals surface area (Å²) < 4.78 is 53.0. The van der Waals surface area contributed by atoms with Crippen LogP contribution in [0, 0.1) is 5.41 Å². The van der Waals surface area contributed by atoms with Crippen LogP contribution in [0.5, 0.6) is 0 Å². The molecule has 1 aliphatic rings. The van der Waals surface area contributed by atoms with Crippen LogP contribution < -0.4 is 5.73 Å². The van der Waals surface area contributed by atoms with E-state index in [1.807, 2.05) is 6.92 Å². The van der Waals surface area contributed by atoms with E-state index in [0.717, 1.165) is 4.31 Å². The molecule has 1 atom stereocenters. The summed E-state index contributed by atoms with van der Waals surface area (Å²) in [6.07, 6.45) is 0.658. The van der Waals surface area contributed by atoms with E-state index in [1.54, 1.807) is 0 Å². The molecule has 10 heteroatoms. The van der Waals surface area contributed by atoms with Gasteiger partial charge in [0.2, 0.25) is 20.0 Å². The summed E-state index contributed by atoms with van der Waals surface area (Å²) in [5.74, 6) is 0. The minimum Gasteiger partial charge on any atom is -0.330 e. The van der Waals surface area contributed by atoms with Gasteiger partial charge in [-0.05, 0) is 30.5 Å². The lowest BCUT2D eigenvalue weighted by Crippen LogP contribution is -2.35. The SMILES string of the molecule is CN(C)S(=O)(=O)c1ccccc1S(=O)(=O)N1CCC(C)(CN)C1.Cl.